The van der Waals surface area contributed by atoms with Crippen LogP contribution in [0.4, 0.5) is 4.39 Å². The van der Waals surface area contributed by atoms with Gasteiger partial charge in [-0.25, -0.2) is 4.39 Å². The number of halogens is 1. The Labute approximate surface area is 122 Å². The molecule has 2 rings (SSSR count). The van der Waals surface area contributed by atoms with E-state index in [2.05, 4.69) is 10.5 Å². The molecule has 5 nitrogen and oxygen atoms in total. The monoisotopic (exact) mass is 292 g/mol. The lowest BCUT2D eigenvalue weighted by molar-refractivity contribution is 0.0904. The average molecular weight is 292 g/mol. The van der Waals surface area contributed by atoms with Crippen molar-refractivity contribution in [1.29, 1.82) is 0 Å². The van der Waals surface area contributed by atoms with Crippen molar-refractivity contribution in [3.8, 4) is 11.3 Å². The van der Waals surface area contributed by atoms with Crippen LogP contribution in [0.3, 0.4) is 0 Å². The van der Waals surface area contributed by atoms with Crippen molar-refractivity contribution in [2.24, 2.45) is 0 Å². The minimum absolute atomic E-state index is 0.141. The molecule has 1 N–H and O–H groups in total. The molecule has 1 aromatic heterocycles. The smallest absolute Gasteiger partial charge is 0.257 e. The highest BCUT2D eigenvalue weighted by molar-refractivity contribution is 6.00. The third-order valence-electron chi connectivity index (χ3n) is 3.00. The normalized spacial score (nSPS) is 12.2. The van der Waals surface area contributed by atoms with E-state index >= 15 is 0 Å². The van der Waals surface area contributed by atoms with E-state index in [4.69, 9.17) is 9.26 Å². The van der Waals surface area contributed by atoms with Crippen LogP contribution in [0.2, 0.25) is 0 Å². The maximum Gasteiger partial charge on any atom is 0.257 e. The maximum atomic E-state index is 13.0. The molecule has 1 atom stereocenters. The average Bonchev–Trinajstić information content (AvgIpc) is 2.81. The van der Waals surface area contributed by atoms with Crippen LogP contribution >= 0.6 is 0 Å². The maximum absolute atomic E-state index is 13.0. The van der Waals surface area contributed by atoms with Crippen LogP contribution in [-0.2, 0) is 4.74 Å². The van der Waals surface area contributed by atoms with E-state index in [1.54, 1.807) is 26.2 Å². The number of carbonyl (C=O) groups excluding carboxylic acids is 1. The first-order valence-corrected chi connectivity index (χ1v) is 6.55. The van der Waals surface area contributed by atoms with Gasteiger partial charge in [0.15, 0.2) is 0 Å². The highest BCUT2D eigenvalue weighted by atomic mass is 19.1. The Balaban J connectivity index is 2.29. The SMILES string of the molecule is COC[C@H](C)NC(=O)c1c(-c2ccc(F)cc2)noc1C. The van der Waals surface area contributed by atoms with E-state index in [0.29, 0.717) is 29.2 Å². The Morgan fingerprint density at radius 1 is 1.43 bits per heavy atom. The first-order valence-electron chi connectivity index (χ1n) is 6.55. The number of hydrogen-bond acceptors (Lipinski definition) is 4. The largest absolute Gasteiger partial charge is 0.383 e. The van der Waals surface area contributed by atoms with Gasteiger partial charge in [0.05, 0.1) is 6.61 Å². The van der Waals surface area contributed by atoms with E-state index in [9.17, 15) is 9.18 Å². The summed E-state index contributed by atoms with van der Waals surface area (Å²) in [6.07, 6.45) is 0. The van der Waals surface area contributed by atoms with Crippen molar-refractivity contribution in [3.05, 3.63) is 41.4 Å². The van der Waals surface area contributed by atoms with Crippen molar-refractivity contribution >= 4 is 5.91 Å². The van der Waals surface area contributed by atoms with Crippen LogP contribution in [0, 0.1) is 12.7 Å². The van der Waals surface area contributed by atoms with Crippen molar-refractivity contribution < 1.29 is 18.4 Å². The molecule has 0 bridgehead atoms. The van der Waals surface area contributed by atoms with Gasteiger partial charge < -0.3 is 14.6 Å². The molecule has 21 heavy (non-hydrogen) atoms. The van der Waals surface area contributed by atoms with Gasteiger partial charge in [-0.3, -0.25) is 4.79 Å². The quantitative estimate of drug-likeness (QED) is 0.920. The number of ether oxygens (including phenoxy) is 1. The molecular formula is C15H17FN2O3. The lowest BCUT2D eigenvalue weighted by atomic mass is 10.1. The van der Waals surface area contributed by atoms with E-state index < -0.39 is 0 Å². The summed E-state index contributed by atoms with van der Waals surface area (Å²) < 4.78 is 23.1. The summed E-state index contributed by atoms with van der Waals surface area (Å²) >= 11 is 0. The Morgan fingerprint density at radius 2 is 2.10 bits per heavy atom. The molecular weight excluding hydrogens is 275 g/mol. The molecule has 6 heteroatoms. The number of methoxy groups -OCH3 is 1. The number of benzene rings is 1. The first-order chi connectivity index (χ1) is 10.0. The van der Waals surface area contributed by atoms with Gasteiger partial charge in [0.2, 0.25) is 0 Å². The highest BCUT2D eigenvalue weighted by Crippen LogP contribution is 2.25. The van der Waals surface area contributed by atoms with Gasteiger partial charge in [0.1, 0.15) is 22.8 Å². The van der Waals surface area contributed by atoms with Crippen LogP contribution in [-0.4, -0.2) is 30.8 Å². The molecule has 1 heterocycles. The number of hydrogen-bond donors (Lipinski definition) is 1. The van der Waals surface area contributed by atoms with E-state index in [1.807, 2.05) is 6.92 Å². The summed E-state index contributed by atoms with van der Waals surface area (Å²) in [4.78, 5) is 12.3. The van der Waals surface area contributed by atoms with Crippen molar-refractivity contribution in [2.45, 2.75) is 19.9 Å². The van der Waals surface area contributed by atoms with E-state index in [-0.39, 0.29) is 17.8 Å². The van der Waals surface area contributed by atoms with Crippen LogP contribution in [0.1, 0.15) is 23.0 Å². The molecule has 0 aliphatic carbocycles. The standard InChI is InChI=1S/C15H17FN2O3/c1-9(8-20-3)17-15(19)13-10(2)21-18-14(13)11-4-6-12(16)7-5-11/h4-7,9H,8H2,1-3H3,(H,17,19)/t9-/m0/s1. The molecule has 0 saturated heterocycles. The second kappa shape index (κ2) is 6.49. The summed E-state index contributed by atoms with van der Waals surface area (Å²) in [7, 11) is 1.57. The number of aromatic nitrogens is 1. The minimum Gasteiger partial charge on any atom is -0.383 e. The number of rotatable bonds is 5. The number of amides is 1. The number of nitrogens with zero attached hydrogens (tertiary/aromatic N) is 1. The predicted molar refractivity (Wildman–Crippen MR) is 75.4 cm³/mol. The van der Waals surface area contributed by atoms with Crippen molar-refractivity contribution in [1.82, 2.24) is 10.5 Å². The molecule has 0 spiro atoms. The Morgan fingerprint density at radius 3 is 2.71 bits per heavy atom. The predicted octanol–water partition coefficient (Wildman–Crippen LogP) is 2.55. The van der Waals surface area contributed by atoms with Gasteiger partial charge in [0, 0.05) is 18.7 Å². The third kappa shape index (κ3) is 3.46. The number of aryl methyl sites for hydroxylation is 1. The van der Waals surface area contributed by atoms with Crippen LogP contribution < -0.4 is 5.32 Å². The fourth-order valence-electron chi connectivity index (χ4n) is 2.03. The number of carbonyl (C=O) groups is 1. The van der Waals surface area contributed by atoms with Crippen LogP contribution in [0.15, 0.2) is 28.8 Å². The van der Waals surface area contributed by atoms with Gasteiger partial charge in [-0.1, -0.05) is 5.16 Å². The van der Waals surface area contributed by atoms with E-state index in [0.717, 1.165) is 0 Å². The molecule has 112 valence electrons. The lowest BCUT2D eigenvalue weighted by Gasteiger charge is -2.12. The molecule has 0 radical (unpaired) electrons. The fraction of sp³-hybridized carbons (Fsp3) is 0.333. The van der Waals surface area contributed by atoms with E-state index in [1.165, 1.54) is 12.1 Å². The molecule has 0 saturated carbocycles. The molecule has 0 unspecified atom stereocenters. The van der Waals surface area contributed by atoms with Gasteiger partial charge in [-0.15, -0.1) is 0 Å². The Hall–Kier alpha value is -2.21. The van der Waals surface area contributed by atoms with Gasteiger partial charge in [-0.2, -0.15) is 0 Å². The molecule has 1 aromatic carbocycles. The Kier molecular flexibility index (Phi) is 4.70. The summed E-state index contributed by atoms with van der Waals surface area (Å²) in [5, 5.41) is 6.71. The zero-order valence-corrected chi connectivity index (χ0v) is 12.1. The van der Waals surface area contributed by atoms with Crippen LogP contribution in [0.5, 0.6) is 0 Å². The highest BCUT2D eigenvalue weighted by Gasteiger charge is 2.22. The zero-order valence-electron chi connectivity index (χ0n) is 12.1. The van der Waals surface area contributed by atoms with Crippen molar-refractivity contribution in [2.75, 3.05) is 13.7 Å². The molecule has 0 aliphatic rings. The van der Waals surface area contributed by atoms with Gasteiger partial charge in [0.25, 0.3) is 5.91 Å². The Bertz CT molecular complexity index is 622. The van der Waals surface area contributed by atoms with Crippen LogP contribution in [0.25, 0.3) is 11.3 Å². The molecule has 2 aromatic rings. The van der Waals surface area contributed by atoms with Gasteiger partial charge in [-0.05, 0) is 38.1 Å². The topological polar surface area (TPSA) is 64.4 Å². The van der Waals surface area contributed by atoms with Crippen molar-refractivity contribution in [3.63, 3.8) is 0 Å². The van der Waals surface area contributed by atoms with Gasteiger partial charge >= 0.3 is 0 Å². The number of nitrogens with one attached hydrogen (secondary N) is 1. The summed E-state index contributed by atoms with van der Waals surface area (Å²) in [5.74, 6) is -0.229. The second-order valence-electron chi connectivity index (χ2n) is 4.80. The summed E-state index contributed by atoms with van der Waals surface area (Å²) in [5.41, 5.74) is 1.37. The summed E-state index contributed by atoms with van der Waals surface area (Å²) in [6, 6.07) is 5.60. The summed E-state index contributed by atoms with van der Waals surface area (Å²) in [6.45, 7) is 3.90. The molecule has 0 fully saturated rings. The first kappa shape index (κ1) is 15.2. The lowest BCUT2D eigenvalue weighted by Crippen LogP contribution is -2.36. The molecule has 1 amide bonds. The molecule has 0 aliphatic heterocycles. The second-order valence-corrected chi connectivity index (χ2v) is 4.80. The zero-order chi connectivity index (χ0) is 15.4. The third-order valence-corrected chi connectivity index (χ3v) is 3.00. The fourth-order valence-corrected chi connectivity index (χ4v) is 2.03. The minimum atomic E-state index is -0.348.